The van der Waals surface area contributed by atoms with Crippen molar-refractivity contribution < 1.29 is 9.66 Å². The highest BCUT2D eigenvalue weighted by molar-refractivity contribution is 9.08. The van der Waals surface area contributed by atoms with Crippen molar-refractivity contribution in [3.8, 4) is 5.75 Å². The molecule has 1 fully saturated rings. The second-order valence-electron chi connectivity index (χ2n) is 5.19. The van der Waals surface area contributed by atoms with E-state index in [-0.39, 0.29) is 16.7 Å². The molecule has 19 heavy (non-hydrogen) atoms. The number of hydrogen-bond acceptors (Lipinski definition) is 3. The van der Waals surface area contributed by atoms with Crippen molar-refractivity contribution in [1.29, 1.82) is 0 Å². The third-order valence-corrected chi connectivity index (χ3v) is 4.28. The molecule has 0 aliphatic heterocycles. The predicted octanol–water partition coefficient (Wildman–Crippen LogP) is 4.45. The molecule has 2 rings (SSSR count). The first-order chi connectivity index (χ1) is 9.10. The first-order valence-corrected chi connectivity index (χ1v) is 7.72. The topological polar surface area (TPSA) is 52.4 Å². The molecule has 0 heterocycles. The van der Waals surface area contributed by atoms with Gasteiger partial charge in [0.05, 0.1) is 11.0 Å². The van der Waals surface area contributed by atoms with Gasteiger partial charge in [-0.3, -0.25) is 10.1 Å². The van der Waals surface area contributed by atoms with Gasteiger partial charge in [-0.25, -0.2) is 0 Å². The Morgan fingerprint density at radius 2 is 2.05 bits per heavy atom. The molecule has 4 nitrogen and oxygen atoms in total. The molecule has 0 saturated heterocycles. The van der Waals surface area contributed by atoms with Gasteiger partial charge in [0, 0.05) is 11.4 Å². The molecule has 1 aromatic carbocycles. The van der Waals surface area contributed by atoms with Gasteiger partial charge in [0.1, 0.15) is 0 Å². The number of halogens is 1. The van der Waals surface area contributed by atoms with Gasteiger partial charge in [-0.05, 0) is 43.2 Å². The Morgan fingerprint density at radius 3 is 2.63 bits per heavy atom. The Balaban J connectivity index is 2.15. The Hall–Kier alpha value is -1.10. The highest BCUT2D eigenvalue weighted by Crippen LogP contribution is 2.33. The van der Waals surface area contributed by atoms with Crippen LogP contribution in [-0.2, 0) is 5.33 Å². The molecule has 1 aliphatic carbocycles. The zero-order valence-electron chi connectivity index (χ0n) is 11.0. The summed E-state index contributed by atoms with van der Waals surface area (Å²) in [6.07, 6.45) is 4.35. The molecule has 0 aromatic heterocycles. The smallest absolute Gasteiger partial charge is 0.310 e. The zero-order valence-corrected chi connectivity index (χ0v) is 12.6. The molecule has 1 aliphatic rings. The van der Waals surface area contributed by atoms with Crippen LogP contribution in [0.2, 0.25) is 0 Å². The van der Waals surface area contributed by atoms with Gasteiger partial charge < -0.3 is 4.74 Å². The van der Waals surface area contributed by atoms with E-state index in [1.807, 2.05) is 0 Å². The van der Waals surface area contributed by atoms with Crippen molar-refractivity contribution in [3.63, 3.8) is 0 Å². The van der Waals surface area contributed by atoms with Gasteiger partial charge in [-0.1, -0.05) is 28.9 Å². The van der Waals surface area contributed by atoms with Gasteiger partial charge in [0.25, 0.3) is 0 Å². The maximum atomic E-state index is 11.0. The summed E-state index contributed by atoms with van der Waals surface area (Å²) in [7, 11) is 0. The Morgan fingerprint density at radius 1 is 1.37 bits per heavy atom. The Kier molecular flexibility index (Phi) is 4.80. The summed E-state index contributed by atoms with van der Waals surface area (Å²) in [6.45, 7) is 2.24. The summed E-state index contributed by atoms with van der Waals surface area (Å²) < 4.78 is 5.88. The molecule has 0 bridgehead atoms. The third-order valence-electron chi connectivity index (χ3n) is 3.63. The van der Waals surface area contributed by atoms with E-state index in [9.17, 15) is 10.1 Å². The maximum Gasteiger partial charge on any atom is 0.310 e. The molecule has 0 atom stereocenters. The molecular formula is C14H18BrNO3. The van der Waals surface area contributed by atoms with Crippen molar-refractivity contribution in [2.24, 2.45) is 5.92 Å². The van der Waals surface area contributed by atoms with E-state index in [0.29, 0.717) is 11.1 Å². The Labute approximate surface area is 121 Å². The zero-order chi connectivity index (χ0) is 13.8. The number of ether oxygens (including phenoxy) is 1. The van der Waals surface area contributed by atoms with E-state index in [2.05, 4.69) is 22.9 Å². The summed E-state index contributed by atoms with van der Waals surface area (Å²) in [5, 5.41) is 11.7. The van der Waals surface area contributed by atoms with Crippen LogP contribution in [0, 0.1) is 16.0 Å². The largest absolute Gasteiger partial charge is 0.483 e. The molecule has 5 heteroatoms. The van der Waals surface area contributed by atoms with Crippen molar-refractivity contribution in [2.45, 2.75) is 44.0 Å². The van der Waals surface area contributed by atoms with Crippen molar-refractivity contribution in [3.05, 3.63) is 33.9 Å². The quantitative estimate of drug-likeness (QED) is 0.466. The van der Waals surface area contributed by atoms with Gasteiger partial charge in [0.2, 0.25) is 0 Å². The maximum absolute atomic E-state index is 11.0. The number of rotatable bonds is 4. The lowest BCUT2D eigenvalue weighted by Gasteiger charge is -2.26. The van der Waals surface area contributed by atoms with Gasteiger partial charge >= 0.3 is 5.69 Å². The van der Waals surface area contributed by atoms with Crippen LogP contribution in [-0.4, -0.2) is 11.0 Å². The van der Waals surface area contributed by atoms with E-state index < -0.39 is 0 Å². The minimum atomic E-state index is -0.376. The average molecular weight is 328 g/mol. The molecule has 1 aromatic rings. The second kappa shape index (κ2) is 6.37. The summed E-state index contributed by atoms with van der Waals surface area (Å²) in [6, 6.07) is 5.05. The number of nitro groups is 1. The SMILES string of the molecule is CC1CCC(Oc2cc(CBr)ccc2[N+](=O)[O-])CC1. The molecule has 0 unspecified atom stereocenters. The fourth-order valence-electron chi connectivity index (χ4n) is 2.41. The number of hydrogen-bond donors (Lipinski definition) is 0. The van der Waals surface area contributed by atoms with E-state index in [1.165, 1.54) is 6.07 Å². The van der Waals surface area contributed by atoms with Crippen LogP contribution in [0.15, 0.2) is 18.2 Å². The van der Waals surface area contributed by atoms with Crippen LogP contribution in [0.4, 0.5) is 5.69 Å². The monoisotopic (exact) mass is 327 g/mol. The van der Waals surface area contributed by atoms with E-state index in [1.54, 1.807) is 12.1 Å². The lowest BCUT2D eigenvalue weighted by Crippen LogP contribution is -2.23. The van der Waals surface area contributed by atoms with Crippen molar-refractivity contribution in [2.75, 3.05) is 0 Å². The van der Waals surface area contributed by atoms with Crippen LogP contribution >= 0.6 is 15.9 Å². The first-order valence-electron chi connectivity index (χ1n) is 6.60. The van der Waals surface area contributed by atoms with Crippen LogP contribution in [0.1, 0.15) is 38.2 Å². The molecule has 0 spiro atoms. The van der Waals surface area contributed by atoms with Gasteiger partial charge in [-0.15, -0.1) is 0 Å². The fourth-order valence-corrected chi connectivity index (χ4v) is 2.76. The van der Waals surface area contributed by atoms with Crippen LogP contribution < -0.4 is 4.74 Å². The highest BCUT2D eigenvalue weighted by Gasteiger charge is 2.23. The average Bonchev–Trinajstić information content (AvgIpc) is 2.41. The second-order valence-corrected chi connectivity index (χ2v) is 5.75. The van der Waals surface area contributed by atoms with Crippen LogP contribution in [0.3, 0.4) is 0 Å². The normalized spacial score (nSPS) is 23.1. The minimum Gasteiger partial charge on any atom is -0.483 e. The van der Waals surface area contributed by atoms with E-state index in [0.717, 1.165) is 37.2 Å². The fraction of sp³-hybridized carbons (Fsp3) is 0.571. The lowest BCUT2D eigenvalue weighted by atomic mass is 9.89. The van der Waals surface area contributed by atoms with E-state index >= 15 is 0 Å². The van der Waals surface area contributed by atoms with Crippen LogP contribution in [0.25, 0.3) is 0 Å². The number of nitrogens with zero attached hydrogens (tertiary/aromatic N) is 1. The minimum absolute atomic E-state index is 0.0586. The first kappa shape index (κ1) is 14.3. The van der Waals surface area contributed by atoms with Crippen molar-refractivity contribution in [1.82, 2.24) is 0 Å². The standard InChI is InChI=1S/C14H18BrNO3/c1-10-2-5-12(6-3-10)19-14-8-11(9-15)4-7-13(14)16(17)18/h4,7-8,10,12H,2-3,5-6,9H2,1H3. The molecule has 0 N–H and O–H groups in total. The number of benzene rings is 1. The summed E-state index contributed by atoms with van der Waals surface area (Å²) in [5.41, 5.74) is 1.05. The van der Waals surface area contributed by atoms with E-state index in [4.69, 9.17) is 4.74 Å². The van der Waals surface area contributed by atoms with Crippen molar-refractivity contribution >= 4 is 21.6 Å². The predicted molar refractivity (Wildman–Crippen MR) is 77.8 cm³/mol. The third kappa shape index (κ3) is 3.69. The lowest BCUT2D eigenvalue weighted by molar-refractivity contribution is -0.386. The Bertz CT molecular complexity index is 456. The van der Waals surface area contributed by atoms with Gasteiger partial charge in [0.15, 0.2) is 5.75 Å². The summed E-state index contributed by atoms with van der Waals surface area (Å²) in [4.78, 5) is 10.7. The summed E-state index contributed by atoms with van der Waals surface area (Å²) >= 11 is 3.36. The molecular weight excluding hydrogens is 310 g/mol. The number of nitro benzene ring substituents is 1. The van der Waals surface area contributed by atoms with Gasteiger partial charge in [-0.2, -0.15) is 0 Å². The molecule has 0 amide bonds. The summed E-state index contributed by atoms with van der Waals surface area (Å²) in [5.74, 6) is 1.14. The number of alkyl halides is 1. The molecule has 1 saturated carbocycles. The molecule has 0 radical (unpaired) electrons. The highest BCUT2D eigenvalue weighted by atomic mass is 79.9. The van der Waals surface area contributed by atoms with Crippen LogP contribution in [0.5, 0.6) is 5.75 Å². The molecule has 104 valence electrons.